The smallest absolute Gasteiger partial charge is 0.250 e. The van der Waals surface area contributed by atoms with Crippen LogP contribution in [0.2, 0.25) is 0 Å². The predicted molar refractivity (Wildman–Crippen MR) is 91.7 cm³/mol. The Labute approximate surface area is 137 Å². The Hall–Kier alpha value is -1.33. The number of hydrogen-bond donors (Lipinski definition) is 2. The molecule has 1 aromatic rings. The summed E-state index contributed by atoms with van der Waals surface area (Å²) in [6, 6.07) is 1.55. The zero-order valence-corrected chi connectivity index (χ0v) is 14.3. The number of amides is 1. The quantitative estimate of drug-likeness (QED) is 0.890. The molecule has 2 unspecified atom stereocenters. The number of halogens is 1. The number of piperidine rings is 1. The van der Waals surface area contributed by atoms with Crippen molar-refractivity contribution in [3.63, 3.8) is 0 Å². The van der Waals surface area contributed by atoms with E-state index in [4.69, 9.17) is 0 Å². The zero-order chi connectivity index (χ0) is 15.4. The molecule has 0 spiro atoms. The normalized spacial score (nSPS) is 19.1. The minimum Gasteiger partial charge on any atom is -0.325 e. The highest BCUT2D eigenvalue weighted by molar-refractivity contribution is 5.91. The van der Waals surface area contributed by atoms with E-state index in [1.54, 1.807) is 19.3 Å². The van der Waals surface area contributed by atoms with Crippen molar-refractivity contribution in [3.8, 4) is 0 Å². The van der Waals surface area contributed by atoms with Crippen LogP contribution in [0.25, 0.3) is 0 Å². The van der Waals surface area contributed by atoms with Crippen LogP contribution in [0, 0.1) is 18.8 Å². The fourth-order valence-corrected chi connectivity index (χ4v) is 2.88. The molecule has 0 bridgehead atoms. The first-order chi connectivity index (χ1) is 9.97. The lowest BCUT2D eigenvalue weighted by Crippen LogP contribution is -2.34. The standard InChI is InChI=1S/C16H25N3O2.ClH/c1-11(13-5-4-6-17-9-13)7-15(20)18-14-10-19(3)16(21)8-12(14)2;/h8,10-11,13,17H,4-7,9H2,1-3H3,(H,18,20);1H. The molecule has 1 aliphatic heterocycles. The molecule has 1 fully saturated rings. The molecule has 1 saturated heterocycles. The van der Waals surface area contributed by atoms with E-state index in [2.05, 4.69) is 17.6 Å². The van der Waals surface area contributed by atoms with Crippen LogP contribution < -0.4 is 16.2 Å². The minimum atomic E-state index is -0.0628. The van der Waals surface area contributed by atoms with Gasteiger partial charge in [-0.15, -0.1) is 12.4 Å². The molecule has 5 nitrogen and oxygen atoms in total. The van der Waals surface area contributed by atoms with Gasteiger partial charge in [0.2, 0.25) is 5.91 Å². The Morgan fingerprint density at radius 2 is 2.27 bits per heavy atom. The molecule has 2 atom stereocenters. The van der Waals surface area contributed by atoms with Crippen LogP contribution in [0.3, 0.4) is 0 Å². The lowest BCUT2D eigenvalue weighted by molar-refractivity contribution is -0.117. The number of rotatable bonds is 4. The number of carbonyl (C=O) groups is 1. The summed E-state index contributed by atoms with van der Waals surface area (Å²) in [7, 11) is 1.69. The monoisotopic (exact) mass is 327 g/mol. The first kappa shape index (κ1) is 18.7. The summed E-state index contributed by atoms with van der Waals surface area (Å²) in [5, 5.41) is 6.32. The largest absolute Gasteiger partial charge is 0.325 e. The van der Waals surface area contributed by atoms with E-state index < -0.39 is 0 Å². The second-order valence-corrected chi connectivity index (χ2v) is 6.16. The number of aromatic nitrogens is 1. The molecule has 0 saturated carbocycles. The van der Waals surface area contributed by atoms with Gasteiger partial charge in [-0.2, -0.15) is 0 Å². The summed E-state index contributed by atoms with van der Waals surface area (Å²) in [5.41, 5.74) is 1.46. The van der Waals surface area contributed by atoms with Crippen molar-refractivity contribution in [1.29, 1.82) is 0 Å². The first-order valence-corrected chi connectivity index (χ1v) is 7.65. The topological polar surface area (TPSA) is 63.1 Å². The summed E-state index contributed by atoms with van der Waals surface area (Å²) in [6.07, 6.45) is 4.59. The number of nitrogens with zero attached hydrogens (tertiary/aromatic N) is 1. The number of aryl methyl sites for hydroxylation is 2. The van der Waals surface area contributed by atoms with E-state index in [0.29, 0.717) is 18.3 Å². The van der Waals surface area contributed by atoms with E-state index in [-0.39, 0.29) is 23.9 Å². The predicted octanol–water partition coefficient (Wildman–Crippen LogP) is 2.08. The number of hydrogen-bond acceptors (Lipinski definition) is 3. The van der Waals surface area contributed by atoms with Crippen molar-refractivity contribution < 1.29 is 4.79 Å². The lowest BCUT2D eigenvalue weighted by atomic mass is 9.85. The van der Waals surface area contributed by atoms with Crippen LogP contribution in [0.4, 0.5) is 5.69 Å². The number of pyridine rings is 1. The molecule has 2 rings (SSSR count). The van der Waals surface area contributed by atoms with Crippen molar-refractivity contribution >= 4 is 24.0 Å². The highest BCUT2D eigenvalue weighted by atomic mass is 35.5. The molecule has 6 heteroatoms. The Kier molecular flexibility index (Phi) is 7.10. The van der Waals surface area contributed by atoms with Gasteiger partial charge < -0.3 is 15.2 Å². The molecule has 2 heterocycles. The van der Waals surface area contributed by atoms with Gasteiger partial charge in [0.1, 0.15) is 0 Å². The minimum absolute atomic E-state index is 0. The SMILES string of the molecule is Cc1cc(=O)n(C)cc1NC(=O)CC(C)C1CCCNC1.Cl. The van der Waals surface area contributed by atoms with E-state index in [9.17, 15) is 9.59 Å². The van der Waals surface area contributed by atoms with E-state index in [1.165, 1.54) is 17.4 Å². The molecule has 0 aliphatic carbocycles. The van der Waals surface area contributed by atoms with Crippen LogP contribution in [0.15, 0.2) is 17.1 Å². The highest BCUT2D eigenvalue weighted by Crippen LogP contribution is 2.23. The van der Waals surface area contributed by atoms with Crippen LogP contribution in [-0.4, -0.2) is 23.6 Å². The summed E-state index contributed by atoms with van der Waals surface area (Å²) >= 11 is 0. The summed E-state index contributed by atoms with van der Waals surface area (Å²) in [4.78, 5) is 23.7. The van der Waals surface area contributed by atoms with Crippen LogP contribution in [0.5, 0.6) is 0 Å². The van der Waals surface area contributed by atoms with Crippen molar-refractivity contribution in [3.05, 3.63) is 28.2 Å². The number of carbonyl (C=O) groups excluding carboxylic acids is 1. The van der Waals surface area contributed by atoms with Gasteiger partial charge in [-0.1, -0.05) is 6.92 Å². The molecule has 1 aliphatic rings. The van der Waals surface area contributed by atoms with E-state index in [0.717, 1.165) is 24.3 Å². The van der Waals surface area contributed by atoms with Gasteiger partial charge in [0, 0.05) is 25.7 Å². The van der Waals surface area contributed by atoms with Gasteiger partial charge in [-0.25, -0.2) is 0 Å². The second kappa shape index (κ2) is 8.34. The molecular formula is C16H26ClN3O2. The molecule has 1 amide bonds. The Bertz CT molecular complexity index is 565. The van der Waals surface area contributed by atoms with Crippen molar-refractivity contribution in [2.45, 2.75) is 33.1 Å². The molecule has 124 valence electrons. The number of anilines is 1. The van der Waals surface area contributed by atoms with E-state index >= 15 is 0 Å². The summed E-state index contributed by atoms with van der Waals surface area (Å²) in [5.74, 6) is 0.964. The Morgan fingerprint density at radius 1 is 1.55 bits per heavy atom. The third-order valence-corrected chi connectivity index (χ3v) is 4.36. The molecule has 2 N–H and O–H groups in total. The Morgan fingerprint density at radius 3 is 2.91 bits per heavy atom. The van der Waals surface area contributed by atoms with Crippen molar-refractivity contribution in [1.82, 2.24) is 9.88 Å². The number of nitrogens with one attached hydrogen (secondary N) is 2. The molecule has 0 radical (unpaired) electrons. The Balaban J connectivity index is 0.00000242. The van der Waals surface area contributed by atoms with Gasteiger partial charge >= 0.3 is 0 Å². The molecular weight excluding hydrogens is 302 g/mol. The van der Waals surface area contributed by atoms with Crippen molar-refractivity contribution in [2.24, 2.45) is 18.9 Å². The average Bonchev–Trinajstić information content (AvgIpc) is 2.45. The van der Waals surface area contributed by atoms with Crippen LogP contribution in [-0.2, 0) is 11.8 Å². The molecule has 1 aromatic heterocycles. The second-order valence-electron chi connectivity index (χ2n) is 6.16. The van der Waals surface area contributed by atoms with Gasteiger partial charge in [-0.05, 0) is 50.3 Å². The van der Waals surface area contributed by atoms with Gasteiger partial charge in [0.15, 0.2) is 0 Å². The molecule has 0 aromatic carbocycles. The van der Waals surface area contributed by atoms with Crippen LogP contribution in [0.1, 0.15) is 31.7 Å². The maximum Gasteiger partial charge on any atom is 0.250 e. The third-order valence-electron chi connectivity index (χ3n) is 4.36. The van der Waals surface area contributed by atoms with Gasteiger partial charge in [0.25, 0.3) is 5.56 Å². The fraction of sp³-hybridized carbons (Fsp3) is 0.625. The van der Waals surface area contributed by atoms with Crippen molar-refractivity contribution in [2.75, 3.05) is 18.4 Å². The zero-order valence-electron chi connectivity index (χ0n) is 13.5. The highest BCUT2D eigenvalue weighted by Gasteiger charge is 2.22. The first-order valence-electron chi connectivity index (χ1n) is 7.65. The maximum absolute atomic E-state index is 12.2. The third kappa shape index (κ3) is 4.85. The van der Waals surface area contributed by atoms with E-state index in [1.807, 2.05) is 6.92 Å². The average molecular weight is 328 g/mol. The summed E-state index contributed by atoms with van der Waals surface area (Å²) in [6.45, 7) is 6.08. The summed E-state index contributed by atoms with van der Waals surface area (Å²) < 4.78 is 1.48. The van der Waals surface area contributed by atoms with Gasteiger partial charge in [-0.3, -0.25) is 9.59 Å². The lowest BCUT2D eigenvalue weighted by Gasteiger charge is -2.28. The van der Waals surface area contributed by atoms with Gasteiger partial charge in [0.05, 0.1) is 5.69 Å². The van der Waals surface area contributed by atoms with Crippen LogP contribution >= 0.6 is 12.4 Å². The fourth-order valence-electron chi connectivity index (χ4n) is 2.88. The maximum atomic E-state index is 12.2. The molecule has 22 heavy (non-hydrogen) atoms.